The Morgan fingerprint density at radius 1 is 1.32 bits per heavy atom. The van der Waals surface area contributed by atoms with Crippen LogP contribution in [0.5, 0.6) is 5.75 Å². The van der Waals surface area contributed by atoms with Crippen LogP contribution in [0.2, 0.25) is 0 Å². The lowest BCUT2D eigenvalue weighted by atomic mass is 10.3. The van der Waals surface area contributed by atoms with Crippen molar-refractivity contribution in [1.29, 1.82) is 0 Å². The van der Waals surface area contributed by atoms with Gasteiger partial charge in [0.1, 0.15) is 11.3 Å². The first-order valence-electron chi connectivity index (χ1n) is 6.07. The number of hydrogen-bond acceptors (Lipinski definition) is 3. The van der Waals surface area contributed by atoms with Crippen LogP contribution in [0.3, 0.4) is 0 Å². The lowest BCUT2D eigenvalue weighted by Gasteiger charge is -2.04. The molecule has 0 aliphatic heterocycles. The van der Waals surface area contributed by atoms with Gasteiger partial charge >= 0.3 is 0 Å². The fraction of sp³-hybridized carbons (Fsp3) is 0.214. The van der Waals surface area contributed by atoms with E-state index in [0.717, 1.165) is 34.5 Å². The third kappa shape index (κ3) is 2.31. The number of nitrogens with one attached hydrogen (secondary N) is 1. The smallest absolute Gasteiger partial charge is 0.178 e. The fourth-order valence-corrected chi connectivity index (χ4v) is 3.21. The van der Waals surface area contributed by atoms with Crippen LogP contribution in [0.25, 0.3) is 11.0 Å². The van der Waals surface area contributed by atoms with Crippen LogP contribution in [0.4, 0.5) is 0 Å². The minimum atomic E-state index is 0.746. The summed E-state index contributed by atoms with van der Waals surface area (Å²) < 4.78 is 8.24. The number of para-hydroxylation sites is 1. The molecule has 1 aromatic carbocycles. The predicted molar refractivity (Wildman–Crippen MR) is 81.7 cm³/mol. The molecular formula is C14H14N2OS2. The van der Waals surface area contributed by atoms with Crippen LogP contribution in [-0.2, 0) is 13.0 Å². The molecule has 3 aromatic rings. The molecule has 0 atom stereocenters. The zero-order valence-electron chi connectivity index (χ0n) is 10.6. The summed E-state index contributed by atoms with van der Waals surface area (Å²) in [5.74, 6) is 0.832. The molecule has 3 nitrogen and oxygen atoms in total. The summed E-state index contributed by atoms with van der Waals surface area (Å²) in [6.45, 7) is 0.881. The Bertz CT molecular complexity index is 740. The summed E-state index contributed by atoms with van der Waals surface area (Å²) in [5.41, 5.74) is 2.07. The van der Waals surface area contributed by atoms with Gasteiger partial charge in [-0.2, -0.15) is 0 Å². The summed E-state index contributed by atoms with van der Waals surface area (Å²) in [5, 5.41) is 2.10. The molecular weight excluding hydrogens is 276 g/mol. The van der Waals surface area contributed by atoms with Gasteiger partial charge in [0.2, 0.25) is 0 Å². The number of nitrogens with zero attached hydrogens (tertiary/aromatic N) is 1. The number of thiophene rings is 1. The van der Waals surface area contributed by atoms with Gasteiger partial charge in [-0.15, -0.1) is 11.3 Å². The molecule has 0 fully saturated rings. The maximum absolute atomic E-state index is 5.41. The molecule has 0 radical (unpaired) electrons. The normalized spacial score (nSPS) is 11.0. The zero-order chi connectivity index (χ0) is 13.2. The fourth-order valence-electron chi connectivity index (χ4n) is 2.22. The van der Waals surface area contributed by atoms with Crippen LogP contribution in [-0.4, -0.2) is 16.7 Å². The quantitative estimate of drug-likeness (QED) is 0.736. The van der Waals surface area contributed by atoms with E-state index in [1.54, 1.807) is 18.4 Å². The van der Waals surface area contributed by atoms with Gasteiger partial charge in [0.05, 0.1) is 12.6 Å². The Labute approximate surface area is 120 Å². The molecule has 98 valence electrons. The minimum absolute atomic E-state index is 0.746. The van der Waals surface area contributed by atoms with E-state index < -0.39 is 0 Å². The first kappa shape index (κ1) is 12.4. The number of H-pyrrole nitrogens is 1. The Balaban J connectivity index is 1.99. The Hall–Kier alpha value is -1.59. The lowest BCUT2D eigenvalue weighted by molar-refractivity contribution is 0.419. The SMILES string of the molecule is COc1cccc2c1[nH]c(=S)n2CCc1cccs1. The minimum Gasteiger partial charge on any atom is -0.494 e. The second-order valence-corrected chi connectivity index (χ2v) is 5.68. The number of benzene rings is 1. The number of imidazole rings is 1. The van der Waals surface area contributed by atoms with Crippen molar-refractivity contribution in [3.63, 3.8) is 0 Å². The monoisotopic (exact) mass is 290 g/mol. The Morgan fingerprint density at radius 3 is 2.95 bits per heavy atom. The summed E-state index contributed by atoms with van der Waals surface area (Å²) in [7, 11) is 1.68. The van der Waals surface area contributed by atoms with E-state index in [2.05, 4.69) is 33.1 Å². The summed E-state index contributed by atoms with van der Waals surface area (Å²) >= 11 is 7.19. The molecule has 0 unspecified atom stereocenters. The molecule has 0 saturated heterocycles. The molecule has 3 rings (SSSR count). The topological polar surface area (TPSA) is 29.9 Å². The highest BCUT2D eigenvalue weighted by atomic mass is 32.1. The standard InChI is InChI=1S/C14H14N2OS2/c1-17-12-6-2-5-11-13(12)15-14(18)16(11)8-7-10-4-3-9-19-10/h2-6,9H,7-8H2,1H3,(H,15,18). The number of methoxy groups -OCH3 is 1. The average Bonchev–Trinajstić information content (AvgIpc) is 3.03. The van der Waals surface area contributed by atoms with E-state index in [4.69, 9.17) is 17.0 Å². The van der Waals surface area contributed by atoms with Gasteiger partial charge in [-0.05, 0) is 42.2 Å². The van der Waals surface area contributed by atoms with Crippen molar-refractivity contribution in [2.75, 3.05) is 7.11 Å². The number of aromatic nitrogens is 2. The molecule has 2 aromatic heterocycles. The van der Waals surface area contributed by atoms with Gasteiger partial charge in [-0.3, -0.25) is 0 Å². The highest BCUT2D eigenvalue weighted by Gasteiger charge is 2.08. The second kappa shape index (κ2) is 5.19. The van der Waals surface area contributed by atoms with Crippen LogP contribution in [0, 0.1) is 4.77 Å². The van der Waals surface area contributed by atoms with Crippen molar-refractivity contribution >= 4 is 34.6 Å². The molecule has 1 N–H and O–H groups in total. The Morgan fingerprint density at radius 2 is 2.21 bits per heavy atom. The van der Waals surface area contributed by atoms with E-state index in [-0.39, 0.29) is 0 Å². The number of rotatable bonds is 4. The summed E-state index contributed by atoms with van der Waals surface area (Å²) in [6, 6.07) is 10.2. The predicted octanol–water partition coefficient (Wildman–Crippen LogP) is 4.01. The van der Waals surface area contributed by atoms with Crippen LogP contribution < -0.4 is 4.74 Å². The van der Waals surface area contributed by atoms with E-state index in [0.29, 0.717) is 0 Å². The molecule has 0 aliphatic rings. The molecule has 0 aliphatic carbocycles. The van der Waals surface area contributed by atoms with Crippen molar-refractivity contribution < 1.29 is 4.74 Å². The van der Waals surface area contributed by atoms with E-state index >= 15 is 0 Å². The van der Waals surface area contributed by atoms with Crippen molar-refractivity contribution in [2.45, 2.75) is 13.0 Å². The average molecular weight is 290 g/mol. The van der Waals surface area contributed by atoms with E-state index in [9.17, 15) is 0 Å². The van der Waals surface area contributed by atoms with Crippen molar-refractivity contribution in [3.8, 4) is 5.75 Å². The molecule has 0 spiro atoms. The highest BCUT2D eigenvalue weighted by Crippen LogP contribution is 2.25. The maximum atomic E-state index is 5.41. The first-order chi connectivity index (χ1) is 9.29. The molecule has 0 amide bonds. The Kier molecular flexibility index (Phi) is 3.40. The number of aryl methyl sites for hydroxylation is 2. The van der Waals surface area contributed by atoms with Gasteiger partial charge in [0, 0.05) is 11.4 Å². The third-order valence-corrected chi connectivity index (χ3v) is 4.41. The molecule has 2 heterocycles. The number of ether oxygens (including phenoxy) is 1. The van der Waals surface area contributed by atoms with E-state index in [1.807, 2.05) is 12.1 Å². The molecule has 0 saturated carbocycles. The summed E-state index contributed by atoms with van der Waals surface area (Å²) in [6.07, 6.45) is 0.996. The molecule has 5 heteroatoms. The van der Waals surface area contributed by atoms with Gasteiger partial charge in [-0.25, -0.2) is 0 Å². The number of hydrogen-bond donors (Lipinski definition) is 1. The second-order valence-electron chi connectivity index (χ2n) is 4.27. The summed E-state index contributed by atoms with van der Waals surface area (Å²) in [4.78, 5) is 4.61. The largest absolute Gasteiger partial charge is 0.494 e. The lowest BCUT2D eigenvalue weighted by Crippen LogP contribution is -2.00. The molecule has 19 heavy (non-hydrogen) atoms. The van der Waals surface area contributed by atoms with Crippen molar-refractivity contribution in [3.05, 3.63) is 45.4 Å². The zero-order valence-corrected chi connectivity index (χ0v) is 12.2. The van der Waals surface area contributed by atoms with Crippen LogP contribution in [0.15, 0.2) is 35.7 Å². The first-order valence-corrected chi connectivity index (χ1v) is 7.36. The van der Waals surface area contributed by atoms with E-state index in [1.165, 1.54) is 4.88 Å². The highest BCUT2D eigenvalue weighted by molar-refractivity contribution is 7.71. The van der Waals surface area contributed by atoms with Gasteiger partial charge in [0.25, 0.3) is 0 Å². The van der Waals surface area contributed by atoms with Gasteiger partial charge in [-0.1, -0.05) is 12.1 Å². The van der Waals surface area contributed by atoms with Crippen LogP contribution in [0.1, 0.15) is 4.88 Å². The van der Waals surface area contributed by atoms with Crippen LogP contribution >= 0.6 is 23.6 Å². The maximum Gasteiger partial charge on any atom is 0.178 e. The van der Waals surface area contributed by atoms with Crippen molar-refractivity contribution in [2.24, 2.45) is 0 Å². The number of aromatic amines is 1. The molecule has 0 bridgehead atoms. The van der Waals surface area contributed by atoms with Gasteiger partial charge < -0.3 is 14.3 Å². The third-order valence-electron chi connectivity index (χ3n) is 3.15. The van der Waals surface area contributed by atoms with Gasteiger partial charge in [0.15, 0.2) is 4.77 Å². The number of fused-ring (bicyclic) bond motifs is 1. The van der Waals surface area contributed by atoms with Crippen molar-refractivity contribution in [1.82, 2.24) is 9.55 Å².